The van der Waals surface area contributed by atoms with E-state index in [1.807, 2.05) is 37.3 Å². The van der Waals surface area contributed by atoms with Crippen molar-refractivity contribution in [2.45, 2.75) is 20.4 Å². The molecule has 0 aliphatic rings. The number of para-hydroxylation sites is 1. The van der Waals surface area contributed by atoms with Crippen molar-refractivity contribution in [2.75, 3.05) is 7.11 Å². The molecule has 0 fully saturated rings. The van der Waals surface area contributed by atoms with Gasteiger partial charge in [0.2, 0.25) is 0 Å². The van der Waals surface area contributed by atoms with Crippen molar-refractivity contribution in [3.63, 3.8) is 0 Å². The molecule has 3 aromatic rings. The highest BCUT2D eigenvalue weighted by molar-refractivity contribution is 5.97. The van der Waals surface area contributed by atoms with Gasteiger partial charge < -0.3 is 14.5 Å². The molecule has 23 heavy (non-hydrogen) atoms. The molecule has 0 atom stereocenters. The number of fused-ring (bicyclic) bond motifs is 1. The van der Waals surface area contributed by atoms with E-state index in [1.165, 1.54) is 5.56 Å². The second-order valence-electron chi connectivity index (χ2n) is 5.60. The molecule has 0 saturated heterocycles. The Bertz CT molecular complexity index is 864. The smallest absolute Gasteiger partial charge is 0.287 e. The Morgan fingerprint density at radius 2 is 2.00 bits per heavy atom. The molecule has 118 valence electrons. The summed E-state index contributed by atoms with van der Waals surface area (Å²) in [4.78, 5) is 12.3. The van der Waals surface area contributed by atoms with Gasteiger partial charge >= 0.3 is 0 Å². The quantitative estimate of drug-likeness (QED) is 0.793. The van der Waals surface area contributed by atoms with E-state index >= 15 is 0 Å². The number of aryl methyl sites for hydroxylation is 2. The summed E-state index contributed by atoms with van der Waals surface area (Å²) >= 11 is 0. The van der Waals surface area contributed by atoms with Crippen LogP contribution in [0.1, 0.15) is 27.2 Å². The first kappa shape index (κ1) is 15.2. The van der Waals surface area contributed by atoms with Crippen LogP contribution < -0.4 is 10.1 Å². The molecule has 4 heteroatoms. The summed E-state index contributed by atoms with van der Waals surface area (Å²) in [6, 6.07) is 13.5. The summed E-state index contributed by atoms with van der Waals surface area (Å²) < 4.78 is 10.9. The van der Waals surface area contributed by atoms with Gasteiger partial charge in [-0.15, -0.1) is 0 Å². The lowest BCUT2D eigenvalue weighted by Crippen LogP contribution is -2.22. The van der Waals surface area contributed by atoms with Gasteiger partial charge in [-0.2, -0.15) is 0 Å². The van der Waals surface area contributed by atoms with E-state index in [0.717, 1.165) is 16.5 Å². The molecule has 2 aromatic carbocycles. The highest BCUT2D eigenvalue weighted by atomic mass is 16.5. The van der Waals surface area contributed by atoms with Crippen molar-refractivity contribution in [3.8, 4) is 5.75 Å². The Morgan fingerprint density at radius 1 is 1.17 bits per heavy atom. The lowest BCUT2D eigenvalue weighted by Gasteiger charge is -2.07. The number of carbonyl (C=O) groups is 1. The molecule has 0 unspecified atom stereocenters. The van der Waals surface area contributed by atoms with Crippen molar-refractivity contribution in [1.82, 2.24) is 5.32 Å². The van der Waals surface area contributed by atoms with Crippen LogP contribution in [0.4, 0.5) is 0 Å². The number of benzene rings is 2. The summed E-state index contributed by atoms with van der Waals surface area (Å²) in [7, 11) is 1.58. The Hall–Kier alpha value is -2.75. The summed E-state index contributed by atoms with van der Waals surface area (Å²) in [5.74, 6) is 0.674. The van der Waals surface area contributed by atoms with Crippen molar-refractivity contribution in [1.29, 1.82) is 0 Å². The Kier molecular flexibility index (Phi) is 4.06. The Morgan fingerprint density at radius 3 is 2.74 bits per heavy atom. The zero-order chi connectivity index (χ0) is 16.4. The SMILES string of the molecule is COc1cccc2cc(C(=O)NCc3ccc(C)cc3C)oc12. The summed E-state index contributed by atoms with van der Waals surface area (Å²) in [6.07, 6.45) is 0. The molecule has 3 rings (SSSR count). The molecule has 1 heterocycles. The van der Waals surface area contributed by atoms with Crippen molar-refractivity contribution in [2.24, 2.45) is 0 Å². The van der Waals surface area contributed by atoms with Gasteiger partial charge in [-0.05, 0) is 37.1 Å². The maximum absolute atomic E-state index is 12.3. The third-order valence-corrected chi connectivity index (χ3v) is 3.89. The molecule has 0 bridgehead atoms. The first-order chi connectivity index (χ1) is 11.1. The third kappa shape index (κ3) is 3.06. The molecule has 0 spiro atoms. The molecule has 4 nitrogen and oxygen atoms in total. The molecule has 1 amide bonds. The first-order valence-electron chi connectivity index (χ1n) is 7.49. The molecule has 0 saturated carbocycles. The van der Waals surface area contributed by atoms with Gasteiger partial charge in [-0.3, -0.25) is 4.79 Å². The van der Waals surface area contributed by atoms with E-state index in [2.05, 4.69) is 18.3 Å². The minimum atomic E-state index is -0.233. The number of furan rings is 1. The molecule has 0 aliphatic carbocycles. The number of methoxy groups -OCH3 is 1. The van der Waals surface area contributed by atoms with Crippen molar-refractivity contribution >= 4 is 16.9 Å². The number of amides is 1. The van der Waals surface area contributed by atoms with Crippen molar-refractivity contribution in [3.05, 3.63) is 64.9 Å². The standard InChI is InChI=1S/C19H19NO3/c1-12-7-8-15(13(2)9-12)11-20-19(21)17-10-14-5-4-6-16(22-3)18(14)23-17/h4-10H,11H2,1-3H3,(H,20,21). The van der Waals surface area contributed by atoms with Crippen LogP contribution in [0.25, 0.3) is 11.0 Å². The maximum Gasteiger partial charge on any atom is 0.287 e. The van der Waals surface area contributed by atoms with Gasteiger partial charge in [0.1, 0.15) is 0 Å². The van der Waals surface area contributed by atoms with Gasteiger partial charge in [-0.1, -0.05) is 35.9 Å². The second-order valence-corrected chi connectivity index (χ2v) is 5.60. The van der Waals surface area contributed by atoms with Crippen LogP contribution in [0.5, 0.6) is 5.75 Å². The van der Waals surface area contributed by atoms with E-state index < -0.39 is 0 Å². The van der Waals surface area contributed by atoms with E-state index in [-0.39, 0.29) is 11.7 Å². The topological polar surface area (TPSA) is 51.5 Å². The van der Waals surface area contributed by atoms with E-state index in [9.17, 15) is 4.79 Å². The lowest BCUT2D eigenvalue weighted by atomic mass is 10.1. The summed E-state index contributed by atoms with van der Waals surface area (Å²) in [6.45, 7) is 4.57. The molecule has 1 aromatic heterocycles. The number of hydrogen-bond acceptors (Lipinski definition) is 3. The highest BCUT2D eigenvalue weighted by Gasteiger charge is 2.14. The second kappa shape index (κ2) is 6.16. The maximum atomic E-state index is 12.3. The number of ether oxygens (including phenoxy) is 1. The van der Waals surface area contributed by atoms with Crippen LogP contribution in [0.15, 0.2) is 46.9 Å². The average molecular weight is 309 g/mol. The van der Waals surface area contributed by atoms with E-state index in [1.54, 1.807) is 13.2 Å². The highest BCUT2D eigenvalue weighted by Crippen LogP contribution is 2.28. The van der Waals surface area contributed by atoms with Gasteiger partial charge in [-0.25, -0.2) is 0 Å². The Balaban J connectivity index is 1.78. The van der Waals surface area contributed by atoms with Crippen LogP contribution in [-0.2, 0) is 6.54 Å². The fourth-order valence-corrected chi connectivity index (χ4v) is 2.62. The lowest BCUT2D eigenvalue weighted by molar-refractivity contribution is 0.0925. The molecule has 1 N–H and O–H groups in total. The number of nitrogens with one attached hydrogen (secondary N) is 1. The zero-order valence-corrected chi connectivity index (χ0v) is 13.5. The van der Waals surface area contributed by atoms with E-state index in [0.29, 0.717) is 17.9 Å². The average Bonchev–Trinajstić information content (AvgIpc) is 2.98. The monoisotopic (exact) mass is 309 g/mol. The van der Waals surface area contributed by atoms with Gasteiger partial charge in [0.25, 0.3) is 5.91 Å². The predicted molar refractivity (Wildman–Crippen MR) is 89.9 cm³/mol. The van der Waals surface area contributed by atoms with Gasteiger partial charge in [0.15, 0.2) is 17.1 Å². The van der Waals surface area contributed by atoms with Crippen molar-refractivity contribution < 1.29 is 13.9 Å². The number of carbonyl (C=O) groups excluding carboxylic acids is 1. The fourth-order valence-electron chi connectivity index (χ4n) is 2.62. The van der Waals surface area contributed by atoms with Crippen LogP contribution in [0.3, 0.4) is 0 Å². The van der Waals surface area contributed by atoms with Crippen LogP contribution >= 0.6 is 0 Å². The minimum Gasteiger partial charge on any atom is -0.493 e. The van der Waals surface area contributed by atoms with Gasteiger partial charge in [0, 0.05) is 11.9 Å². The zero-order valence-electron chi connectivity index (χ0n) is 13.5. The van der Waals surface area contributed by atoms with Crippen LogP contribution in [0.2, 0.25) is 0 Å². The summed E-state index contributed by atoms with van der Waals surface area (Å²) in [5, 5.41) is 3.75. The van der Waals surface area contributed by atoms with Crippen LogP contribution in [-0.4, -0.2) is 13.0 Å². The van der Waals surface area contributed by atoms with Crippen LogP contribution in [0, 0.1) is 13.8 Å². The minimum absolute atomic E-state index is 0.233. The van der Waals surface area contributed by atoms with E-state index in [4.69, 9.17) is 9.15 Å². The third-order valence-electron chi connectivity index (χ3n) is 3.89. The predicted octanol–water partition coefficient (Wildman–Crippen LogP) is 3.99. The first-order valence-corrected chi connectivity index (χ1v) is 7.49. The Labute approximate surface area is 135 Å². The molecular formula is C19H19NO3. The number of rotatable bonds is 4. The summed E-state index contributed by atoms with van der Waals surface area (Å²) in [5.41, 5.74) is 4.06. The number of hydrogen-bond donors (Lipinski definition) is 1. The molecular weight excluding hydrogens is 290 g/mol. The normalized spacial score (nSPS) is 10.7. The molecule has 0 radical (unpaired) electrons. The fraction of sp³-hybridized carbons (Fsp3) is 0.211. The largest absolute Gasteiger partial charge is 0.493 e. The molecule has 0 aliphatic heterocycles. The van der Waals surface area contributed by atoms with Gasteiger partial charge in [0.05, 0.1) is 7.11 Å².